The van der Waals surface area contributed by atoms with Gasteiger partial charge in [-0.25, -0.2) is 4.98 Å². The highest BCUT2D eigenvalue weighted by Crippen LogP contribution is 2.28. The van der Waals surface area contributed by atoms with Crippen LogP contribution in [0.2, 0.25) is 0 Å². The SMILES string of the molecule is CC(C)(C#N)c1cc(-c2cncc(-c3cc(-c4ccc(CNCC5COC5)cc4)no3)n2)ccn1. The molecule has 1 aromatic carbocycles. The molecule has 5 rings (SSSR count). The molecule has 0 unspecified atom stereocenters. The first-order valence-electron chi connectivity index (χ1n) is 11.6. The second kappa shape index (κ2) is 9.74. The molecule has 1 fully saturated rings. The van der Waals surface area contributed by atoms with Gasteiger partial charge in [-0.1, -0.05) is 29.4 Å². The molecule has 1 N–H and O–H groups in total. The lowest BCUT2D eigenvalue weighted by Gasteiger charge is -2.26. The van der Waals surface area contributed by atoms with E-state index in [0.29, 0.717) is 28.8 Å². The molecule has 0 amide bonds. The Labute approximate surface area is 204 Å². The van der Waals surface area contributed by atoms with E-state index >= 15 is 0 Å². The molecule has 4 aromatic rings. The zero-order valence-electron chi connectivity index (χ0n) is 19.7. The van der Waals surface area contributed by atoms with Gasteiger partial charge in [-0.05, 0) is 31.5 Å². The topological polar surface area (TPSA) is 110 Å². The van der Waals surface area contributed by atoms with E-state index in [1.807, 2.05) is 44.2 Å². The summed E-state index contributed by atoms with van der Waals surface area (Å²) in [6.45, 7) is 7.19. The summed E-state index contributed by atoms with van der Waals surface area (Å²) in [5.74, 6) is 1.17. The molecule has 1 saturated heterocycles. The first kappa shape index (κ1) is 22.8. The molecule has 3 aromatic heterocycles. The Hall–Kier alpha value is -3.93. The molecule has 8 heteroatoms. The predicted molar refractivity (Wildman–Crippen MR) is 131 cm³/mol. The van der Waals surface area contributed by atoms with Crippen molar-refractivity contribution in [2.75, 3.05) is 19.8 Å². The van der Waals surface area contributed by atoms with Crippen molar-refractivity contribution in [3.05, 3.63) is 72.3 Å². The Balaban J connectivity index is 1.31. The summed E-state index contributed by atoms with van der Waals surface area (Å²) < 4.78 is 10.8. The minimum absolute atomic E-state index is 0.537. The molecule has 8 nitrogen and oxygen atoms in total. The summed E-state index contributed by atoms with van der Waals surface area (Å²) in [4.78, 5) is 13.4. The number of nitrogens with one attached hydrogen (secondary N) is 1. The summed E-state index contributed by atoms with van der Waals surface area (Å²) >= 11 is 0. The third kappa shape index (κ3) is 5.11. The smallest absolute Gasteiger partial charge is 0.187 e. The van der Waals surface area contributed by atoms with E-state index < -0.39 is 5.41 Å². The van der Waals surface area contributed by atoms with Gasteiger partial charge < -0.3 is 14.6 Å². The summed E-state index contributed by atoms with van der Waals surface area (Å²) in [7, 11) is 0. The number of nitriles is 1. The molecule has 0 radical (unpaired) electrons. The number of hydrogen-bond donors (Lipinski definition) is 1. The fourth-order valence-electron chi connectivity index (χ4n) is 3.76. The second-order valence-corrected chi connectivity index (χ2v) is 9.26. The molecular formula is C27H26N6O2. The number of nitrogens with zero attached hydrogens (tertiary/aromatic N) is 5. The largest absolute Gasteiger partial charge is 0.381 e. The average molecular weight is 467 g/mol. The van der Waals surface area contributed by atoms with Crippen molar-refractivity contribution in [2.45, 2.75) is 25.8 Å². The standard InChI is InChI=1S/C27H26N6O2/c1-27(2,17-28)26-9-21(7-8-31-26)23-13-30-14-24(32-23)25-10-22(33-35-25)20-5-3-18(4-6-20)11-29-12-19-15-34-16-19/h3-10,13-14,19,29H,11-12,15-16H2,1-2H3. The van der Waals surface area contributed by atoms with Gasteiger partial charge in [-0.2, -0.15) is 5.26 Å². The van der Waals surface area contributed by atoms with Gasteiger partial charge in [0.15, 0.2) is 5.76 Å². The predicted octanol–water partition coefficient (Wildman–Crippen LogP) is 4.40. The molecule has 1 aliphatic rings. The maximum absolute atomic E-state index is 9.44. The van der Waals surface area contributed by atoms with E-state index in [-0.39, 0.29) is 0 Å². The molecule has 0 atom stereocenters. The fourth-order valence-corrected chi connectivity index (χ4v) is 3.76. The van der Waals surface area contributed by atoms with Crippen molar-refractivity contribution in [1.29, 1.82) is 5.26 Å². The van der Waals surface area contributed by atoms with Crippen molar-refractivity contribution < 1.29 is 9.26 Å². The Morgan fingerprint density at radius 2 is 1.83 bits per heavy atom. The van der Waals surface area contributed by atoms with Crippen molar-refractivity contribution in [3.8, 4) is 40.0 Å². The summed E-state index contributed by atoms with van der Waals surface area (Å²) in [5, 5.41) is 17.1. The van der Waals surface area contributed by atoms with Crippen LogP contribution in [0, 0.1) is 17.2 Å². The highest BCUT2D eigenvalue weighted by Gasteiger charge is 2.22. The van der Waals surface area contributed by atoms with E-state index in [2.05, 4.69) is 38.6 Å². The third-order valence-corrected chi connectivity index (χ3v) is 6.09. The van der Waals surface area contributed by atoms with Crippen molar-refractivity contribution in [1.82, 2.24) is 25.4 Å². The number of aromatic nitrogens is 4. The molecule has 0 saturated carbocycles. The van der Waals surface area contributed by atoms with Crippen LogP contribution >= 0.6 is 0 Å². The zero-order chi connectivity index (χ0) is 24.3. The minimum Gasteiger partial charge on any atom is -0.381 e. The van der Waals surface area contributed by atoms with E-state index in [4.69, 9.17) is 14.2 Å². The molecule has 4 heterocycles. The number of ether oxygens (including phenoxy) is 1. The Bertz CT molecular complexity index is 1350. The Morgan fingerprint density at radius 1 is 1.03 bits per heavy atom. The van der Waals surface area contributed by atoms with Gasteiger partial charge in [0.25, 0.3) is 0 Å². The van der Waals surface area contributed by atoms with Crippen molar-refractivity contribution in [2.24, 2.45) is 5.92 Å². The lowest BCUT2D eigenvalue weighted by molar-refractivity contribution is -0.0307. The van der Waals surface area contributed by atoms with Crippen LogP contribution in [0.1, 0.15) is 25.1 Å². The Morgan fingerprint density at radius 3 is 2.57 bits per heavy atom. The summed E-state index contributed by atoms with van der Waals surface area (Å²) in [6.07, 6.45) is 5.02. The van der Waals surface area contributed by atoms with E-state index in [1.54, 1.807) is 18.6 Å². The van der Waals surface area contributed by atoms with Gasteiger partial charge in [0.05, 0.1) is 48.5 Å². The van der Waals surface area contributed by atoms with Gasteiger partial charge in [0.1, 0.15) is 11.4 Å². The van der Waals surface area contributed by atoms with Crippen LogP contribution in [-0.2, 0) is 16.7 Å². The monoisotopic (exact) mass is 466 g/mol. The molecule has 0 spiro atoms. The fraction of sp³-hybridized carbons (Fsp3) is 0.296. The first-order chi connectivity index (χ1) is 17.0. The molecular weight excluding hydrogens is 440 g/mol. The summed E-state index contributed by atoms with van der Waals surface area (Å²) in [6, 6.07) is 16.2. The van der Waals surface area contributed by atoms with Crippen LogP contribution in [0.25, 0.3) is 34.0 Å². The number of benzene rings is 1. The first-order valence-corrected chi connectivity index (χ1v) is 11.6. The van der Waals surface area contributed by atoms with Crippen LogP contribution in [0.3, 0.4) is 0 Å². The molecule has 0 aliphatic carbocycles. The van der Waals surface area contributed by atoms with Gasteiger partial charge in [0.2, 0.25) is 0 Å². The summed E-state index contributed by atoms with van der Waals surface area (Å²) in [5.41, 5.74) is 5.00. The lowest BCUT2D eigenvalue weighted by Crippen LogP contribution is -2.36. The zero-order valence-corrected chi connectivity index (χ0v) is 19.7. The number of hydrogen-bond acceptors (Lipinski definition) is 8. The highest BCUT2D eigenvalue weighted by molar-refractivity contribution is 5.67. The third-order valence-electron chi connectivity index (χ3n) is 6.09. The van der Waals surface area contributed by atoms with Crippen LogP contribution in [-0.4, -0.2) is 39.9 Å². The van der Waals surface area contributed by atoms with Gasteiger partial charge >= 0.3 is 0 Å². The van der Waals surface area contributed by atoms with Crippen LogP contribution < -0.4 is 5.32 Å². The van der Waals surface area contributed by atoms with Crippen LogP contribution in [0.15, 0.2) is 65.6 Å². The van der Waals surface area contributed by atoms with Gasteiger partial charge in [-0.15, -0.1) is 0 Å². The van der Waals surface area contributed by atoms with Gasteiger partial charge in [0, 0.05) is 42.4 Å². The maximum atomic E-state index is 9.44. The van der Waals surface area contributed by atoms with E-state index in [1.165, 1.54) is 5.56 Å². The van der Waals surface area contributed by atoms with Crippen LogP contribution in [0.5, 0.6) is 0 Å². The minimum atomic E-state index is -0.696. The number of pyridine rings is 1. The van der Waals surface area contributed by atoms with E-state index in [9.17, 15) is 5.26 Å². The Kier molecular flexibility index (Phi) is 6.36. The lowest BCUT2D eigenvalue weighted by atomic mass is 9.90. The van der Waals surface area contributed by atoms with E-state index in [0.717, 1.165) is 43.1 Å². The van der Waals surface area contributed by atoms with Crippen LogP contribution in [0.4, 0.5) is 0 Å². The second-order valence-electron chi connectivity index (χ2n) is 9.26. The molecule has 176 valence electrons. The molecule has 1 aliphatic heterocycles. The van der Waals surface area contributed by atoms with Gasteiger partial charge in [-0.3, -0.25) is 9.97 Å². The average Bonchev–Trinajstić information content (AvgIpc) is 3.36. The van der Waals surface area contributed by atoms with Crippen molar-refractivity contribution in [3.63, 3.8) is 0 Å². The highest BCUT2D eigenvalue weighted by atomic mass is 16.5. The van der Waals surface area contributed by atoms with Crippen molar-refractivity contribution >= 4 is 0 Å². The maximum Gasteiger partial charge on any atom is 0.187 e. The number of rotatable bonds is 8. The molecule has 0 bridgehead atoms. The quantitative estimate of drug-likeness (QED) is 0.407. The normalized spacial score (nSPS) is 13.9. The molecule has 35 heavy (non-hydrogen) atoms.